The second-order valence-corrected chi connectivity index (χ2v) is 9.60. The number of anilines is 1. The maximum atomic E-state index is 12.7. The van der Waals surface area contributed by atoms with E-state index in [0.717, 1.165) is 24.9 Å². The number of carboxylic acid groups (broad SMARTS) is 1. The third-order valence-electron chi connectivity index (χ3n) is 5.83. The molecule has 0 aliphatic carbocycles. The average Bonchev–Trinajstić information content (AvgIpc) is 2.86. The number of amides is 3. The lowest BCUT2D eigenvalue weighted by Crippen LogP contribution is -2.49. The van der Waals surface area contributed by atoms with Crippen LogP contribution in [-0.4, -0.2) is 64.7 Å². The highest BCUT2D eigenvalue weighted by Gasteiger charge is 2.22. The van der Waals surface area contributed by atoms with Crippen LogP contribution in [0.15, 0.2) is 36.5 Å². The summed E-state index contributed by atoms with van der Waals surface area (Å²) in [4.78, 5) is 42.1. The van der Waals surface area contributed by atoms with Crippen LogP contribution < -0.4 is 20.7 Å². The highest BCUT2D eigenvalue weighted by molar-refractivity contribution is 6.35. The highest BCUT2D eigenvalue weighted by Crippen LogP contribution is 2.26. The number of pyridine rings is 1. The van der Waals surface area contributed by atoms with Gasteiger partial charge in [0, 0.05) is 37.6 Å². The number of urea groups is 1. The van der Waals surface area contributed by atoms with Gasteiger partial charge in [-0.15, -0.1) is 0 Å². The summed E-state index contributed by atoms with van der Waals surface area (Å²) in [5.74, 6) is -1.02. The maximum absolute atomic E-state index is 12.7. The average molecular weight is 552 g/mol. The van der Waals surface area contributed by atoms with Crippen molar-refractivity contribution in [3.8, 4) is 5.88 Å². The van der Waals surface area contributed by atoms with Crippen molar-refractivity contribution in [3.63, 3.8) is 0 Å². The van der Waals surface area contributed by atoms with Gasteiger partial charge in [0.2, 0.25) is 5.88 Å². The van der Waals surface area contributed by atoms with Crippen LogP contribution in [0.4, 0.5) is 10.5 Å². The monoisotopic (exact) mass is 551 g/mol. The van der Waals surface area contributed by atoms with Crippen LogP contribution in [0.1, 0.15) is 38.2 Å². The van der Waals surface area contributed by atoms with Crippen LogP contribution in [-0.2, 0) is 16.1 Å². The SMILES string of the molecule is CC[C@@H](Oc1ncc(Cl)cc1Cl)C(=O)NCc1cccc(NC(=O)N[C@@H]2CCCN(CCC(=O)O)C2)c1. The number of carbonyl (C=O) groups is 3. The smallest absolute Gasteiger partial charge is 0.319 e. The second kappa shape index (κ2) is 14.0. The lowest BCUT2D eigenvalue weighted by atomic mass is 10.1. The van der Waals surface area contributed by atoms with Crippen molar-refractivity contribution in [2.75, 3.05) is 25.0 Å². The molecular weight excluding hydrogens is 521 g/mol. The van der Waals surface area contributed by atoms with Gasteiger partial charge >= 0.3 is 12.0 Å². The lowest BCUT2D eigenvalue weighted by Gasteiger charge is -2.32. The number of ether oxygens (including phenoxy) is 1. The first-order chi connectivity index (χ1) is 17.7. The Kier molecular flexibility index (Phi) is 10.8. The fourth-order valence-corrected chi connectivity index (χ4v) is 4.42. The first kappa shape index (κ1) is 28.5. The Balaban J connectivity index is 1.48. The molecule has 1 aliphatic rings. The highest BCUT2D eigenvalue weighted by atomic mass is 35.5. The van der Waals surface area contributed by atoms with Crippen molar-refractivity contribution in [2.24, 2.45) is 0 Å². The molecule has 12 heteroatoms. The molecule has 1 fully saturated rings. The number of carboxylic acids is 1. The molecule has 3 amide bonds. The Morgan fingerprint density at radius 1 is 1.27 bits per heavy atom. The number of rotatable bonds is 11. The Hall–Kier alpha value is -3.08. The zero-order chi connectivity index (χ0) is 26.8. The minimum Gasteiger partial charge on any atom is -0.481 e. The van der Waals surface area contributed by atoms with Gasteiger partial charge in [0.05, 0.1) is 11.4 Å². The fourth-order valence-electron chi connectivity index (χ4n) is 3.99. The van der Waals surface area contributed by atoms with E-state index in [1.165, 1.54) is 12.3 Å². The van der Waals surface area contributed by atoms with Gasteiger partial charge in [-0.25, -0.2) is 9.78 Å². The number of benzene rings is 1. The third-order valence-corrected chi connectivity index (χ3v) is 6.30. The molecule has 37 heavy (non-hydrogen) atoms. The maximum Gasteiger partial charge on any atom is 0.319 e. The Labute approximate surface area is 225 Å². The van der Waals surface area contributed by atoms with Gasteiger partial charge in [-0.05, 0) is 49.6 Å². The van der Waals surface area contributed by atoms with Gasteiger partial charge in [-0.2, -0.15) is 0 Å². The number of piperidine rings is 1. The number of aliphatic carboxylic acids is 1. The number of nitrogens with one attached hydrogen (secondary N) is 3. The molecule has 0 unspecified atom stereocenters. The summed E-state index contributed by atoms with van der Waals surface area (Å²) < 4.78 is 5.67. The van der Waals surface area contributed by atoms with Gasteiger partial charge in [0.15, 0.2) is 6.10 Å². The molecule has 1 aromatic carbocycles. The molecule has 2 heterocycles. The van der Waals surface area contributed by atoms with Crippen molar-refractivity contribution in [2.45, 2.75) is 51.3 Å². The van der Waals surface area contributed by atoms with Crippen molar-refractivity contribution in [3.05, 3.63) is 52.1 Å². The van der Waals surface area contributed by atoms with Crippen molar-refractivity contribution in [1.82, 2.24) is 20.5 Å². The molecule has 0 spiro atoms. The van der Waals surface area contributed by atoms with Crippen LogP contribution in [0.25, 0.3) is 0 Å². The van der Waals surface area contributed by atoms with Crippen LogP contribution in [0.3, 0.4) is 0 Å². The first-order valence-electron chi connectivity index (χ1n) is 12.1. The molecule has 3 rings (SSSR count). The van der Waals surface area contributed by atoms with E-state index in [9.17, 15) is 14.4 Å². The quantitative estimate of drug-likeness (QED) is 0.332. The molecule has 2 aromatic rings. The fraction of sp³-hybridized carbons (Fsp3) is 0.440. The minimum atomic E-state index is -0.829. The minimum absolute atomic E-state index is 0.0559. The molecule has 1 saturated heterocycles. The van der Waals surface area contributed by atoms with Gasteiger partial charge in [-0.3, -0.25) is 9.59 Å². The Morgan fingerprint density at radius 3 is 2.81 bits per heavy atom. The zero-order valence-electron chi connectivity index (χ0n) is 20.5. The third kappa shape index (κ3) is 9.38. The Morgan fingerprint density at radius 2 is 2.08 bits per heavy atom. The number of aromatic nitrogens is 1. The number of likely N-dealkylation sites (tertiary alicyclic amines) is 1. The van der Waals surface area contributed by atoms with Gasteiger partial charge in [0.1, 0.15) is 5.02 Å². The van der Waals surface area contributed by atoms with Gasteiger partial charge in [0.25, 0.3) is 5.91 Å². The van der Waals surface area contributed by atoms with E-state index >= 15 is 0 Å². The number of carbonyl (C=O) groups excluding carboxylic acids is 2. The van der Waals surface area contributed by atoms with Crippen LogP contribution in [0.2, 0.25) is 10.0 Å². The van der Waals surface area contributed by atoms with Crippen molar-refractivity contribution < 1.29 is 24.2 Å². The normalized spacial score (nSPS) is 16.5. The molecule has 0 saturated carbocycles. The molecule has 4 N–H and O–H groups in total. The molecule has 2 atom stereocenters. The van der Waals surface area contributed by atoms with Crippen molar-refractivity contribution in [1.29, 1.82) is 0 Å². The van der Waals surface area contributed by atoms with E-state index in [4.69, 9.17) is 33.0 Å². The summed E-state index contributed by atoms with van der Waals surface area (Å²) in [5.41, 5.74) is 1.38. The zero-order valence-corrected chi connectivity index (χ0v) is 22.0. The predicted molar refractivity (Wildman–Crippen MR) is 141 cm³/mol. The number of nitrogens with zero attached hydrogens (tertiary/aromatic N) is 2. The van der Waals surface area contributed by atoms with Gasteiger partial charge < -0.3 is 30.7 Å². The van der Waals surface area contributed by atoms with Crippen LogP contribution >= 0.6 is 23.2 Å². The summed E-state index contributed by atoms with van der Waals surface area (Å²) in [6.07, 6.45) is 2.82. The Bertz CT molecular complexity index is 1100. The topological polar surface area (TPSA) is 133 Å². The number of halogens is 2. The van der Waals surface area contributed by atoms with E-state index in [2.05, 4.69) is 25.8 Å². The van der Waals surface area contributed by atoms with Crippen LogP contribution in [0, 0.1) is 0 Å². The molecular formula is C25H31Cl2N5O5. The van der Waals surface area contributed by atoms with E-state index in [0.29, 0.717) is 30.2 Å². The van der Waals surface area contributed by atoms with E-state index < -0.39 is 12.1 Å². The molecule has 10 nitrogen and oxygen atoms in total. The standard InChI is InChI=1S/C25H31Cl2N5O5/c1-2-21(37-24-20(27)12-17(26)14-29-24)23(35)28-13-16-5-3-6-18(11-16)30-25(36)31-19-7-4-9-32(15-19)10-8-22(33)34/h3,5-6,11-12,14,19,21H,2,4,7-10,13,15H2,1H3,(H,28,35)(H,33,34)(H2,30,31,36)/t19-,21-/m1/s1. The summed E-state index contributed by atoms with van der Waals surface area (Å²) in [6, 6.07) is 8.27. The summed E-state index contributed by atoms with van der Waals surface area (Å²) >= 11 is 11.9. The first-order valence-corrected chi connectivity index (χ1v) is 12.8. The number of hydrogen-bond donors (Lipinski definition) is 4. The largest absolute Gasteiger partial charge is 0.481 e. The summed E-state index contributed by atoms with van der Waals surface area (Å²) in [6.45, 7) is 3.96. The molecule has 1 aromatic heterocycles. The number of hydrogen-bond acceptors (Lipinski definition) is 6. The lowest BCUT2D eigenvalue weighted by molar-refractivity contribution is -0.137. The van der Waals surface area contributed by atoms with E-state index in [-0.39, 0.29) is 41.8 Å². The van der Waals surface area contributed by atoms with Gasteiger partial charge in [-0.1, -0.05) is 42.3 Å². The van der Waals surface area contributed by atoms with Crippen molar-refractivity contribution >= 4 is 46.8 Å². The van der Waals surface area contributed by atoms with E-state index in [1.807, 2.05) is 13.0 Å². The summed E-state index contributed by atoms with van der Waals surface area (Å²) in [5, 5.41) is 18.1. The predicted octanol–water partition coefficient (Wildman–Crippen LogP) is 3.92. The molecule has 0 bridgehead atoms. The van der Waals surface area contributed by atoms with Crippen LogP contribution in [0.5, 0.6) is 5.88 Å². The summed E-state index contributed by atoms with van der Waals surface area (Å²) in [7, 11) is 0. The second-order valence-electron chi connectivity index (χ2n) is 8.76. The molecule has 1 aliphatic heterocycles. The molecule has 0 radical (unpaired) electrons. The van der Waals surface area contributed by atoms with E-state index in [1.54, 1.807) is 18.2 Å². The molecule has 200 valence electrons.